The van der Waals surface area contributed by atoms with Crippen molar-refractivity contribution < 1.29 is 19.8 Å². The number of pyridine rings is 1. The van der Waals surface area contributed by atoms with Crippen LogP contribution >= 0.6 is 0 Å². The minimum absolute atomic E-state index is 0.0659. The minimum atomic E-state index is -1.17. The first-order valence-corrected chi connectivity index (χ1v) is 12.2. The number of primary amides is 1. The van der Waals surface area contributed by atoms with E-state index in [-0.39, 0.29) is 18.1 Å². The van der Waals surface area contributed by atoms with Crippen LogP contribution in [0.1, 0.15) is 86.3 Å². The van der Waals surface area contributed by atoms with Crippen molar-refractivity contribution in [3.05, 3.63) is 47.3 Å². The van der Waals surface area contributed by atoms with Gasteiger partial charge in [0.05, 0.1) is 29.7 Å². The van der Waals surface area contributed by atoms with Gasteiger partial charge in [-0.25, -0.2) is 0 Å². The van der Waals surface area contributed by atoms with Gasteiger partial charge in [0.2, 0.25) is 5.91 Å². The molecule has 4 N–H and O–H groups in total. The molecule has 0 bridgehead atoms. The van der Waals surface area contributed by atoms with Crippen LogP contribution in [-0.4, -0.2) is 39.1 Å². The number of ketones is 1. The maximum absolute atomic E-state index is 12.9. The first kappa shape index (κ1) is 29.7. The first-order chi connectivity index (χ1) is 15.8. The summed E-state index contributed by atoms with van der Waals surface area (Å²) in [5.74, 6) is -1.63. The fourth-order valence-corrected chi connectivity index (χ4v) is 4.10. The van der Waals surface area contributed by atoms with Crippen molar-refractivity contribution in [2.24, 2.45) is 23.0 Å². The SMILES string of the molecule is C/C(=C/C/C(C)=C(\C)c1ccccn1)CCCC(C)C(O)C(C)C(=O)C(C)(C)C(O)CC(N)=O. The predicted octanol–water partition coefficient (Wildman–Crippen LogP) is 4.85. The van der Waals surface area contributed by atoms with E-state index >= 15 is 0 Å². The molecule has 0 aliphatic rings. The molecule has 1 amide bonds. The van der Waals surface area contributed by atoms with E-state index in [4.69, 9.17) is 5.73 Å². The fraction of sp³-hybridized carbons (Fsp3) is 0.607. The lowest BCUT2D eigenvalue weighted by molar-refractivity contribution is -0.142. The summed E-state index contributed by atoms with van der Waals surface area (Å²) in [6.07, 6.45) is 5.29. The number of aliphatic hydroxyl groups excluding tert-OH is 2. The fourth-order valence-electron chi connectivity index (χ4n) is 4.10. The summed E-state index contributed by atoms with van der Waals surface area (Å²) >= 11 is 0. The molecule has 0 saturated carbocycles. The largest absolute Gasteiger partial charge is 0.392 e. The average Bonchev–Trinajstić information content (AvgIpc) is 2.80. The number of carbonyl (C=O) groups is 2. The van der Waals surface area contributed by atoms with Crippen LogP contribution in [0.3, 0.4) is 0 Å². The summed E-state index contributed by atoms with van der Waals surface area (Å²) in [6, 6.07) is 5.93. The van der Waals surface area contributed by atoms with Gasteiger partial charge in [-0.2, -0.15) is 0 Å². The molecule has 0 aliphatic heterocycles. The van der Waals surface area contributed by atoms with Gasteiger partial charge in [0, 0.05) is 12.1 Å². The molecule has 190 valence electrons. The summed E-state index contributed by atoms with van der Waals surface area (Å²) < 4.78 is 0. The summed E-state index contributed by atoms with van der Waals surface area (Å²) in [4.78, 5) is 28.5. The zero-order chi connectivity index (χ0) is 26.1. The molecular formula is C28H44N2O4. The molecule has 1 aromatic heterocycles. The van der Waals surface area contributed by atoms with Crippen LogP contribution in [0, 0.1) is 17.3 Å². The Morgan fingerprint density at radius 1 is 1.15 bits per heavy atom. The Labute approximate surface area is 205 Å². The van der Waals surface area contributed by atoms with Gasteiger partial charge in [0.15, 0.2) is 0 Å². The van der Waals surface area contributed by atoms with Crippen LogP contribution in [0.4, 0.5) is 0 Å². The van der Waals surface area contributed by atoms with Crippen molar-refractivity contribution in [3.8, 4) is 0 Å². The molecule has 0 fully saturated rings. The van der Waals surface area contributed by atoms with E-state index < -0.39 is 29.4 Å². The monoisotopic (exact) mass is 472 g/mol. The Hall–Kier alpha value is -2.31. The van der Waals surface area contributed by atoms with Gasteiger partial charge in [0.25, 0.3) is 0 Å². The lowest BCUT2D eigenvalue weighted by Gasteiger charge is -2.34. The second kappa shape index (κ2) is 13.5. The number of nitrogens with zero attached hydrogens (tertiary/aromatic N) is 1. The molecule has 0 radical (unpaired) electrons. The molecule has 1 rings (SSSR count). The zero-order valence-corrected chi connectivity index (χ0v) is 22.0. The van der Waals surface area contributed by atoms with E-state index in [1.807, 2.05) is 25.1 Å². The second-order valence-electron chi connectivity index (χ2n) is 10.3. The maximum Gasteiger partial charge on any atom is 0.220 e. The number of allylic oxidation sites excluding steroid dienone is 4. The summed E-state index contributed by atoms with van der Waals surface area (Å²) in [6.45, 7) is 13.2. The standard InChI is InChI=1S/C28H44N2O4/c1-18(14-15-19(2)21(4)23-13-8-9-16-30-23)11-10-12-20(3)26(33)22(5)27(34)28(6,7)24(31)17-25(29)32/h8-9,13-14,16,20,22,24,26,31,33H,10-12,15,17H2,1-7H3,(H2,29,32)/b18-14-,21-19+. The predicted molar refractivity (Wildman–Crippen MR) is 138 cm³/mol. The lowest BCUT2D eigenvalue weighted by atomic mass is 9.73. The maximum atomic E-state index is 12.9. The van der Waals surface area contributed by atoms with Gasteiger partial charge in [-0.1, -0.05) is 51.0 Å². The van der Waals surface area contributed by atoms with Gasteiger partial charge in [-0.05, 0) is 70.1 Å². The van der Waals surface area contributed by atoms with Crippen LogP contribution in [0.25, 0.3) is 5.57 Å². The molecule has 0 aliphatic carbocycles. The van der Waals surface area contributed by atoms with Crippen molar-refractivity contribution >= 4 is 17.3 Å². The lowest BCUT2D eigenvalue weighted by Crippen LogP contribution is -2.46. The molecule has 1 aromatic rings. The van der Waals surface area contributed by atoms with Crippen LogP contribution in [0.2, 0.25) is 0 Å². The van der Waals surface area contributed by atoms with E-state index in [1.165, 1.54) is 16.7 Å². The third-order valence-corrected chi connectivity index (χ3v) is 7.05. The van der Waals surface area contributed by atoms with Crippen molar-refractivity contribution in [2.45, 2.75) is 92.8 Å². The Morgan fingerprint density at radius 3 is 2.35 bits per heavy atom. The third-order valence-electron chi connectivity index (χ3n) is 7.05. The number of hydrogen-bond donors (Lipinski definition) is 3. The van der Waals surface area contributed by atoms with E-state index in [9.17, 15) is 19.8 Å². The molecule has 6 heteroatoms. The van der Waals surface area contributed by atoms with Gasteiger partial charge in [-0.3, -0.25) is 14.6 Å². The zero-order valence-electron chi connectivity index (χ0n) is 22.0. The van der Waals surface area contributed by atoms with Gasteiger partial charge < -0.3 is 15.9 Å². The number of aromatic nitrogens is 1. The Bertz CT molecular complexity index is 874. The van der Waals surface area contributed by atoms with E-state index in [2.05, 4.69) is 31.8 Å². The van der Waals surface area contributed by atoms with Crippen molar-refractivity contribution in [2.75, 3.05) is 0 Å². The topological polar surface area (TPSA) is 114 Å². The third kappa shape index (κ3) is 8.80. The van der Waals surface area contributed by atoms with E-state index in [1.54, 1.807) is 27.0 Å². The average molecular weight is 473 g/mol. The highest BCUT2D eigenvalue weighted by atomic mass is 16.3. The number of hydrogen-bond acceptors (Lipinski definition) is 5. The number of nitrogens with two attached hydrogens (primary N) is 1. The van der Waals surface area contributed by atoms with Gasteiger partial charge in [0.1, 0.15) is 5.78 Å². The van der Waals surface area contributed by atoms with Gasteiger partial charge >= 0.3 is 0 Å². The Balaban J connectivity index is 2.59. The molecule has 4 atom stereocenters. The van der Waals surface area contributed by atoms with Crippen molar-refractivity contribution in [1.82, 2.24) is 4.98 Å². The molecule has 6 nitrogen and oxygen atoms in total. The van der Waals surface area contributed by atoms with Crippen LogP contribution in [0.15, 0.2) is 41.6 Å². The van der Waals surface area contributed by atoms with Crippen LogP contribution < -0.4 is 5.73 Å². The van der Waals surface area contributed by atoms with Crippen molar-refractivity contribution in [1.29, 1.82) is 0 Å². The number of rotatable bonds is 14. The highest BCUT2D eigenvalue weighted by Crippen LogP contribution is 2.31. The summed E-state index contributed by atoms with van der Waals surface area (Å²) in [7, 11) is 0. The quantitative estimate of drug-likeness (QED) is 0.335. The molecule has 0 saturated heterocycles. The smallest absolute Gasteiger partial charge is 0.220 e. The minimum Gasteiger partial charge on any atom is -0.392 e. The Morgan fingerprint density at radius 2 is 1.79 bits per heavy atom. The van der Waals surface area contributed by atoms with Gasteiger partial charge in [-0.15, -0.1) is 0 Å². The number of carbonyl (C=O) groups excluding carboxylic acids is 2. The molecule has 0 aromatic carbocycles. The number of amides is 1. The van der Waals surface area contributed by atoms with E-state index in [0.29, 0.717) is 0 Å². The highest BCUT2D eigenvalue weighted by Gasteiger charge is 2.41. The van der Waals surface area contributed by atoms with Crippen LogP contribution in [0.5, 0.6) is 0 Å². The van der Waals surface area contributed by atoms with E-state index in [0.717, 1.165) is 31.4 Å². The van der Waals surface area contributed by atoms with Crippen LogP contribution in [-0.2, 0) is 9.59 Å². The highest BCUT2D eigenvalue weighted by molar-refractivity contribution is 5.88. The molecule has 34 heavy (non-hydrogen) atoms. The first-order valence-electron chi connectivity index (χ1n) is 12.2. The molecule has 1 heterocycles. The number of Topliss-reactive ketones (excluding diaryl/α,β-unsaturated/α-hetero) is 1. The Kier molecular flexibility index (Phi) is 11.8. The molecule has 4 unspecified atom stereocenters. The normalized spacial score (nSPS) is 16.9. The molecule has 0 spiro atoms. The van der Waals surface area contributed by atoms with Crippen molar-refractivity contribution in [3.63, 3.8) is 0 Å². The molecular weight excluding hydrogens is 428 g/mol. The summed E-state index contributed by atoms with van der Waals surface area (Å²) in [5, 5.41) is 21.0. The summed E-state index contributed by atoms with van der Waals surface area (Å²) in [5.41, 5.74) is 8.79. The second-order valence-corrected chi connectivity index (χ2v) is 10.3. The number of aliphatic hydroxyl groups is 2.